The molecule has 0 aromatic carbocycles. The fourth-order valence-corrected chi connectivity index (χ4v) is 1.75. The van der Waals surface area contributed by atoms with Crippen LogP contribution in [0.15, 0.2) is 16.3 Å². The Labute approximate surface area is 86.3 Å². The summed E-state index contributed by atoms with van der Waals surface area (Å²) in [6.45, 7) is 3.14. The summed E-state index contributed by atoms with van der Waals surface area (Å²) in [5, 5.41) is 0. The maximum atomic E-state index is 5.64. The van der Waals surface area contributed by atoms with Crippen LogP contribution in [0.25, 0.3) is 0 Å². The lowest BCUT2D eigenvalue weighted by molar-refractivity contribution is 0.313. The second kappa shape index (κ2) is 5.94. The van der Waals surface area contributed by atoms with Crippen molar-refractivity contribution in [2.75, 3.05) is 13.1 Å². The third kappa shape index (κ3) is 3.24. The quantitative estimate of drug-likeness (QED) is 0.652. The number of nitrogens with zero attached hydrogens (tertiary/aromatic N) is 1. The molecule has 1 saturated carbocycles. The van der Waals surface area contributed by atoms with Gasteiger partial charge in [-0.3, -0.25) is 4.99 Å². The highest BCUT2D eigenvalue weighted by molar-refractivity contribution is 5.61. The van der Waals surface area contributed by atoms with Crippen molar-refractivity contribution in [3.8, 4) is 0 Å². The molecule has 4 N–H and O–H groups in total. The predicted molar refractivity (Wildman–Crippen MR) is 61.3 cm³/mol. The first-order valence-corrected chi connectivity index (χ1v) is 5.39. The van der Waals surface area contributed by atoms with Crippen LogP contribution in [0.5, 0.6) is 0 Å². The standard InChI is InChI=1S/C11H21N3/c1-9(7-10-3-2-4-10)11(8-13)14-6-5-12/h6,10H,2-5,7-8,12-13H2,1H3/b11-9-,14-6?. The van der Waals surface area contributed by atoms with E-state index < -0.39 is 0 Å². The van der Waals surface area contributed by atoms with Crippen LogP contribution in [0.1, 0.15) is 32.6 Å². The van der Waals surface area contributed by atoms with E-state index in [-0.39, 0.29) is 0 Å². The summed E-state index contributed by atoms with van der Waals surface area (Å²) in [4.78, 5) is 4.28. The fourth-order valence-electron chi connectivity index (χ4n) is 1.75. The van der Waals surface area contributed by atoms with Crippen molar-refractivity contribution in [1.82, 2.24) is 0 Å². The molecule has 1 fully saturated rings. The highest BCUT2D eigenvalue weighted by Crippen LogP contribution is 2.32. The Hall–Kier alpha value is -0.670. The minimum absolute atomic E-state index is 0.486. The third-order valence-electron chi connectivity index (χ3n) is 2.86. The summed E-state index contributed by atoms with van der Waals surface area (Å²) >= 11 is 0. The van der Waals surface area contributed by atoms with Crippen molar-refractivity contribution in [3.63, 3.8) is 0 Å². The van der Waals surface area contributed by atoms with Crippen LogP contribution in [0, 0.1) is 5.92 Å². The molecule has 0 saturated heterocycles. The van der Waals surface area contributed by atoms with Crippen LogP contribution in [0.4, 0.5) is 0 Å². The molecule has 0 aromatic heterocycles. The Morgan fingerprint density at radius 2 is 2.14 bits per heavy atom. The molecule has 0 radical (unpaired) electrons. The summed E-state index contributed by atoms with van der Waals surface area (Å²) in [7, 11) is 0. The van der Waals surface area contributed by atoms with Crippen LogP contribution in [0.3, 0.4) is 0 Å². The SMILES string of the molecule is C/C(CC1CCC1)=C(\CN)N=CCN. The molecule has 3 nitrogen and oxygen atoms in total. The lowest BCUT2D eigenvalue weighted by atomic mass is 9.81. The van der Waals surface area contributed by atoms with E-state index in [0.717, 1.165) is 18.0 Å². The molecular formula is C11H21N3. The summed E-state index contributed by atoms with van der Waals surface area (Å²) in [6, 6.07) is 0. The van der Waals surface area contributed by atoms with E-state index in [1.165, 1.54) is 24.8 Å². The minimum atomic E-state index is 0.486. The van der Waals surface area contributed by atoms with E-state index in [2.05, 4.69) is 11.9 Å². The van der Waals surface area contributed by atoms with Gasteiger partial charge in [0.2, 0.25) is 0 Å². The molecule has 80 valence electrons. The number of nitrogens with two attached hydrogens (primary N) is 2. The average molecular weight is 195 g/mol. The number of hydrogen-bond acceptors (Lipinski definition) is 3. The summed E-state index contributed by atoms with van der Waals surface area (Å²) < 4.78 is 0. The molecule has 0 unspecified atom stereocenters. The minimum Gasteiger partial charge on any atom is -0.326 e. The predicted octanol–water partition coefficient (Wildman–Crippen LogP) is 1.44. The van der Waals surface area contributed by atoms with Crippen molar-refractivity contribution in [2.24, 2.45) is 22.4 Å². The number of rotatable bonds is 5. The van der Waals surface area contributed by atoms with Gasteiger partial charge in [-0.25, -0.2) is 0 Å². The number of allylic oxidation sites excluding steroid dienone is 1. The molecule has 3 heteroatoms. The lowest BCUT2D eigenvalue weighted by Crippen LogP contribution is -2.13. The number of hydrogen-bond donors (Lipinski definition) is 2. The number of aliphatic imine (C=N–C) groups is 1. The van der Waals surface area contributed by atoms with E-state index in [9.17, 15) is 0 Å². The molecule has 0 amide bonds. The molecule has 0 atom stereocenters. The second-order valence-electron chi connectivity index (χ2n) is 3.98. The van der Waals surface area contributed by atoms with Gasteiger partial charge in [0.25, 0.3) is 0 Å². The van der Waals surface area contributed by atoms with Crippen molar-refractivity contribution in [1.29, 1.82) is 0 Å². The van der Waals surface area contributed by atoms with Gasteiger partial charge in [0.1, 0.15) is 0 Å². The largest absolute Gasteiger partial charge is 0.326 e. The molecular weight excluding hydrogens is 174 g/mol. The van der Waals surface area contributed by atoms with E-state index in [1.54, 1.807) is 6.21 Å². The molecule has 0 bridgehead atoms. The van der Waals surface area contributed by atoms with Gasteiger partial charge in [-0.1, -0.05) is 24.8 Å². The third-order valence-corrected chi connectivity index (χ3v) is 2.86. The van der Waals surface area contributed by atoms with Gasteiger partial charge >= 0.3 is 0 Å². The van der Waals surface area contributed by atoms with Crippen molar-refractivity contribution in [3.05, 3.63) is 11.3 Å². The van der Waals surface area contributed by atoms with E-state index in [0.29, 0.717) is 13.1 Å². The summed E-state index contributed by atoms with van der Waals surface area (Å²) in [5.41, 5.74) is 13.3. The van der Waals surface area contributed by atoms with E-state index in [1.807, 2.05) is 0 Å². The highest BCUT2D eigenvalue weighted by Gasteiger charge is 2.18. The fraction of sp³-hybridized carbons (Fsp3) is 0.727. The zero-order valence-corrected chi connectivity index (χ0v) is 9.00. The zero-order valence-electron chi connectivity index (χ0n) is 9.00. The smallest absolute Gasteiger partial charge is 0.0525 e. The van der Waals surface area contributed by atoms with Gasteiger partial charge < -0.3 is 11.5 Å². The van der Waals surface area contributed by atoms with Crippen molar-refractivity contribution >= 4 is 6.21 Å². The van der Waals surface area contributed by atoms with Crippen molar-refractivity contribution in [2.45, 2.75) is 32.6 Å². The topological polar surface area (TPSA) is 64.4 Å². The molecule has 0 spiro atoms. The lowest BCUT2D eigenvalue weighted by Gasteiger charge is -2.26. The van der Waals surface area contributed by atoms with Gasteiger partial charge in [-0.15, -0.1) is 0 Å². The van der Waals surface area contributed by atoms with Crippen LogP contribution in [0.2, 0.25) is 0 Å². The molecule has 1 aliphatic carbocycles. The zero-order chi connectivity index (χ0) is 10.4. The van der Waals surface area contributed by atoms with Gasteiger partial charge in [-0.05, 0) is 19.3 Å². The first-order valence-electron chi connectivity index (χ1n) is 5.39. The van der Waals surface area contributed by atoms with Gasteiger partial charge in [0.15, 0.2) is 0 Å². The highest BCUT2D eigenvalue weighted by atomic mass is 14.8. The maximum absolute atomic E-state index is 5.64. The molecule has 0 aliphatic heterocycles. The van der Waals surface area contributed by atoms with Gasteiger partial charge in [0.05, 0.1) is 5.70 Å². The Morgan fingerprint density at radius 1 is 1.43 bits per heavy atom. The Kier molecular flexibility index (Phi) is 4.84. The maximum Gasteiger partial charge on any atom is 0.0525 e. The Bertz CT molecular complexity index is 227. The molecule has 0 heterocycles. The van der Waals surface area contributed by atoms with Crippen LogP contribution in [-0.4, -0.2) is 19.3 Å². The average Bonchev–Trinajstić information content (AvgIpc) is 2.13. The van der Waals surface area contributed by atoms with Crippen LogP contribution < -0.4 is 11.5 Å². The second-order valence-corrected chi connectivity index (χ2v) is 3.98. The first kappa shape index (κ1) is 11.4. The van der Waals surface area contributed by atoms with Gasteiger partial charge in [0, 0.05) is 19.3 Å². The molecule has 0 aromatic rings. The molecule has 1 rings (SSSR count). The first-order chi connectivity index (χ1) is 6.77. The van der Waals surface area contributed by atoms with E-state index >= 15 is 0 Å². The summed E-state index contributed by atoms with van der Waals surface area (Å²) in [5.74, 6) is 0.879. The molecule has 1 aliphatic rings. The molecule has 14 heavy (non-hydrogen) atoms. The normalized spacial score (nSPS) is 19.6. The Morgan fingerprint density at radius 3 is 2.57 bits per heavy atom. The van der Waals surface area contributed by atoms with Gasteiger partial charge in [-0.2, -0.15) is 0 Å². The van der Waals surface area contributed by atoms with E-state index in [4.69, 9.17) is 11.5 Å². The van der Waals surface area contributed by atoms with Crippen LogP contribution >= 0.6 is 0 Å². The Balaban J connectivity index is 2.51. The summed E-state index contributed by atoms with van der Waals surface area (Å²) in [6.07, 6.45) is 7.02. The van der Waals surface area contributed by atoms with Crippen LogP contribution in [-0.2, 0) is 0 Å². The monoisotopic (exact) mass is 195 g/mol. The van der Waals surface area contributed by atoms with Crippen molar-refractivity contribution < 1.29 is 0 Å².